The summed E-state index contributed by atoms with van der Waals surface area (Å²) in [7, 11) is 1.42. The SMILES string of the molecule is COc1c(F)cc(C2(CN)CCCCC2)cc1Cl. The summed E-state index contributed by atoms with van der Waals surface area (Å²) in [5.74, 6) is -0.290. The Morgan fingerprint density at radius 3 is 2.50 bits per heavy atom. The van der Waals surface area contributed by atoms with Crippen molar-refractivity contribution >= 4 is 11.6 Å². The van der Waals surface area contributed by atoms with Gasteiger partial charge < -0.3 is 10.5 Å². The number of halogens is 2. The molecule has 1 fully saturated rings. The van der Waals surface area contributed by atoms with Crippen molar-refractivity contribution in [3.63, 3.8) is 0 Å². The normalized spacial score (nSPS) is 18.7. The largest absolute Gasteiger partial charge is 0.492 e. The summed E-state index contributed by atoms with van der Waals surface area (Å²) < 4.78 is 18.9. The van der Waals surface area contributed by atoms with Crippen LogP contribution in [0.1, 0.15) is 37.7 Å². The minimum absolute atomic E-state index is 0.114. The number of ether oxygens (including phenoxy) is 1. The highest BCUT2D eigenvalue weighted by Crippen LogP contribution is 2.41. The number of nitrogens with two attached hydrogens (primary N) is 1. The number of hydrogen-bond donors (Lipinski definition) is 1. The highest BCUT2D eigenvalue weighted by atomic mass is 35.5. The van der Waals surface area contributed by atoms with Crippen molar-refractivity contribution in [1.82, 2.24) is 0 Å². The summed E-state index contributed by atoms with van der Waals surface area (Å²) in [5.41, 5.74) is 6.74. The lowest BCUT2D eigenvalue weighted by Crippen LogP contribution is -2.37. The molecule has 0 spiro atoms. The topological polar surface area (TPSA) is 35.2 Å². The van der Waals surface area contributed by atoms with Crippen LogP contribution in [-0.4, -0.2) is 13.7 Å². The van der Waals surface area contributed by atoms with Crippen LogP contribution in [0.15, 0.2) is 12.1 Å². The number of methoxy groups -OCH3 is 1. The van der Waals surface area contributed by atoms with Gasteiger partial charge in [0.2, 0.25) is 0 Å². The van der Waals surface area contributed by atoms with Gasteiger partial charge in [0.25, 0.3) is 0 Å². The molecule has 100 valence electrons. The lowest BCUT2D eigenvalue weighted by molar-refractivity contribution is 0.299. The van der Waals surface area contributed by atoms with Crippen LogP contribution < -0.4 is 10.5 Å². The van der Waals surface area contributed by atoms with Gasteiger partial charge in [-0.15, -0.1) is 0 Å². The Labute approximate surface area is 112 Å². The van der Waals surface area contributed by atoms with Crippen molar-refractivity contribution in [3.8, 4) is 5.75 Å². The van der Waals surface area contributed by atoms with E-state index in [-0.39, 0.29) is 11.2 Å². The van der Waals surface area contributed by atoms with Crippen LogP contribution in [-0.2, 0) is 5.41 Å². The zero-order chi connectivity index (χ0) is 13.2. The lowest BCUT2D eigenvalue weighted by Gasteiger charge is -2.37. The van der Waals surface area contributed by atoms with E-state index < -0.39 is 5.82 Å². The fourth-order valence-electron chi connectivity index (χ4n) is 2.90. The first-order chi connectivity index (χ1) is 8.63. The molecule has 2 N–H and O–H groups in total. The average Bonchev–Trinajstić information content (AvgIpc) is 2.39. The van der Waals surface area contributed by atoms with Crippen LogP contribution in [0.25, 0.3) is 0 Å². The first-order valence-electron chi connectivity index (χ1n) is 6.36. The standard InChI is InChI=1S/C14H19ClFNO/c1-18-13-11(15)7-10(8-12(13)16)14(9-17)5-3-2-4-6-14/h7-8H,2-6,9,17H2,1H3. The highest BCUT2D eigenvalue weighted by molar-refractivity contribution is 6.32. The fraction of sp³-hybridized carbons (Fsp3) is 0.571. The second-order valence-corrected chi connectivity index (χ2v) is 5.43. The number of rotatable bonds is 3. The van der Waals surface area contributed by atoms with Crippen molar-refractivity contribution in [2.75, 3.05) is 13.7 Å². The molecule has 1 aromatic rings. The van der Waals surface area contributed by atoms with Crippen molar-refractivity contribution in [2.45, 2.75) is 37.5 Å². The van der Waals surface area contributed by atoms with Gasteiger partial charge in [-0.1, -0.05) is 30.9 Å². The molecule has 0 unspecified atom stereocenters. The number of hydrogen-bond acceptors (Lipinski definition) is 2. The predicted molar refractivity (Wildman–Crippen MR) is 71.8 cm³/mol. The molecule has 0 aromatic heterocycles. The minimum Gasteiger partial charge on any atom is -0.492 e. The van der Waals surface area contributed by atoms with E-state index in [1.54, 1.807) is 0 Å². The van der Waals surface area contributed by atoms with Crippen LogP contribution in [0.3, 0.4) is 0 Å². The summed E-state index contributed by atoms with van der Waals surface area (Å²) in [6.45, 7) is 0.537. The molecule has 1 aromatic carbocycles. The van der Waals surface area contributed by atoms with Gasteiger partial charge >= 0.3 is 0 Å². The molecule has 2 rings (SSSR count). The number of benzene rings is 1. The monoisotopic (exact) mass is 271 g/mol. The highest BCUT2D eigenvalue weighted by Gasteiger charge is 2.33. The molecule has 0 radical (unpaired) electrons. The van der Waals surface area contributed by atoms with Gasteiger partial charge in [0, 0.05) is 12.0 Å². The molecular formula is C14H19ClFNO. The van der Waals surface area contributed by atoms with E-state index in [2.05, 4.69) is 0 Å². The second-order valence-electron chi connectivity index (χ2n) is 5.02. The van der Waals surface area contributed by atoms with Crippen LogP contribution in [0, 0.1) is 5.82 Å². The third-order valence-corrected chi connectivity index (χ3v) is 4.30. The quantitative estimate of drug-likeness (QED) is 0.911. The van der Waals surface area contributed by atoms with E-state index in [0.717, 1.165) is 31.2 Å². The summed E-state index contributed by atoms with van der Waals surface area (Å²) in [6, 6.07) is 3.34. The van der Waals surface area contributed by atoms with Crippen molar-refractivity contribution in [2.24, 2.45) is 5.73 Å². The predicted octanol–water partition coefficient (Wildman–Crippen LogP) is 3.65. The molecule has 0 atom stereocenters. The van der Waals surface area contributed by atoms with Crippen molar-refractivity contribution < 1.29 is 9.13 Å². The molecule has 0 bridgehead atoms. The lowest BCUT2D eigenvalue weighted by atomic mass is 9.69. The van der Waals surface area contributed by atoms with Crippen molar-refractivity contribution in [1.29, 1.82) is 0 Å². The molecule has 1 aliphatic rings. The van der Waals surface area contributed by atoms with E-state index in [9.17, 15) is 4.39 Å². The van der Waals surface area contributed by atoms with Gasteiger partial charge in [-0.05, 0) is 30.5 Å². The van der Waals surface area contributed by atoms with E-state index in [1.807, 2.05) is 6.07 Å². The molecule has 0 saturated heterocycles. The molecule has 0 heterocycles. The third-order valence-electron chi connectivity index (χ3n) is 4.02. The molecule has 1 saturated carbocycles. The smallest absolute Gasteiger partial charge is 0.173 e. The van der Waals surface area contributed by atoms with Crippen LogP contribution in [0.5, 0.6) is 5.75 Å². The first-order valence-corrected chi connectivity index (χ1v) is 6.74. The summed E-state index contributed by atoms with van der Waals surface area (Å²) in [6.07, 6.45) is 5.52. The van der Waals surface area contributed by atoms with Gasteiger partial charge in [0.1, 0.15) is 0 Å². The zero-order valence-corrected chi connectivity index (χ0v) is 11.4. The van der Waals surface area contributed by atoms with Gasteiger partial charge in [-0.3, -0.25) is 0 Å². The third kappa shape index (κ3) is 2.34. The Morgan fingerprint density at radius 2 is 2.00 bits per heavy atom. The van der Waals surface area contributed by atoms with Gasteiger partial charge in [-0.2, -0.15) is 0 Å². The van der Waals surface area contributed by atoms with Crippen LogP contribution in [0.2, 0.25) is 5.02 Å². The summed E-state index contributed by atoms with van der Waals surface area (Å²) in [4.78, 5) is 0. The van der Waals surface area contributed by atoms with E-state index in [1.165, 1.54) is 19.6 Å². The molecule has 18 heavy (non-hydrogen) atoms. The Kier molecular flexibility index (Phi) is 4.13. The molecule has 4 heteroatoms. The van der Waals surface area contributed by atoms with E-state index >= 15 is 0 Å². The van der Waals surface area contributed by atoms with Crippen LogP contribution in [0.4, 0.5) is 4.39 Å². The fourth-order valence-corrected chi connectivity index (χ4v) is 3.19. The molecule has 0 aliphatic heterocycles. The maximum Gasteiger partial charge on any atom is 0.173 e. The van der Waals surface area contributed by atoms with Gasteiger partial charge in [0.05, 0.1) is 12.1 Å². The minimum atomic E-state index is -0.404. The Hall–Kier alpha value is -0.800. The van der Waals surface area contributed by atoms with Crippen molar-refractivity contribution in [3.05, 3.63) is 28.5 Å². The van der Waals surface area contributed by atoms with E-state index in [0.29, 0.717) is 11.6 Å². The van der Waals surface area contributed by atoms with Gasteiger partial charge in [-0.25, -0.2) is 4.39 Å². The Balaban J connectivity index is 2.43. The Bertz CT molecular complexity index is 407. The maximum atomic E-state index is 13.9. The average molecular weight is 272 g/mol. The van der Waals surface area contributed by atoms with E-state index in [4.69, 9.17) is 22.1 Å². The molecule has 1 aliphatic carbocycles. The maximum absolute atomic E-state index is 13.9. The molecule has 0 amide bonds. The van der Waals surface area contributed by atoms with Crippen LogP contribution >= 0.6 is 11.6 Å². The zero-order valence-electron chi connectivity index (χ0n) is 10.6. The van der Waals surface area contributed by atoms with Gasteiger partial charge in [0.15, 0.2) is 11.6 Å². The summed E-state index contributed by atoms with van der Waals surface area (Å²) in [5, 5.41) is 0.325. The second kappa shape index (κ2) is 5.45. The first kappa shape index (κ1) is 13.6. The Morgan fingerprint density at radius 1 is 1.33 bits per heavy atom. The molecule has 2 nitrogen and oxygen atoms in total. The summed E-state index contributed by atoms with van der Waals surface area (Å²) >= 11 is 6.07. The molecular weight excluding hydrogens is 253 g/mol.